The second kappa shape index (κ2) is 8.76. The molecule has 1 aromatic heterocycles. The molecule has 31 heavy (non-hydrogen) atoms. The second-order valence-electron chi connectivity index (χ2n) is 7.84. The Morgan fingerprint density at radius 1 is 1.10 bits per heavy atom. The molecule has 0 aliphatic heterocycles. The Morgan fingerprint density at radius 2 is 1.90 bits per heavy atom. The smallest absolute Gasteiger partial charge is 0.339 e. The highest BCUT2D eigenvalue weighted by molar-refractivity contribution is 6.07. The van der Waals surface area contributed by atoms with Crippen LogP contribution in [0.3, 0.4) is 0 Å². The van der Waals surface area contributed by atoms with E-state index in [1.165, 1.54) is 14.2 Å². The maximum absolute atomic E-state index is 13.2. The van der Waals surface area contributed by atoms with Gasteiger partial charge in [-0.15, -0.1) is 0 Å². The number of Topliss-reactive ketones (excluding diaryl/α,β-unsaturated/α-hetero) is 1. The Kier molecular flexibility index (Phi) is 5.89. The zero-order chi connectivity index (χ0) is 22.0. The summed E-state index contributed by atoms with van der Waals surface area (Å²) in [4.78, 5) is 30.8. The lowest BCUT2D eigenvalue weighted by Gasteiger charge is -2.24. The van der Waals surface area contributed by atoms with Crippen molar-refractivity contribution < 1.29 is 23.8 Å². The van der Waals surface area contributed by atoms with E-state index < -0.39 is 5.97 Å². The van der Waals surface area contributed by atoms with Crippen molar-refractivity contribution in [2.45, 2.75) is 26.2 Å². The molecular formula is C25H25NO5. The Bertz CT molecular complexity index is 1150. The zero-order valence-electron chi connectivity index (χ0n) is 17.9. The third kappa shape index (κ3) is 4.10. The first-order valence-corrected chi connectivity index (χ1v) is 10.3. The lowest BCUT2D eigenvalue weighted by Crippen LogP contribution is -2.21. The maximum atomic E-state index is 13.2. The summed E-state index contributed by atoms with van der Waals surface area (Å²) < 4.78 is 16.0. The fourth-order valence-electron chi connectivity index (χ4n) is 4.11. The van der Waals surface area contributed by atoms with Crippen molar-refractivity contribution in [3.05, 3.63) is 64.8 Å². The Morgan fingerprint density at radius 3 is 2.68 bits per heavy atom. The van der Waals surface area contributed by atoms with Gasteiger partial charge in [0.05, 0.1) is 30.9 Å². The molecule has 1 aliphatic carbocycles. The first-order valence-electron chi connectivity index (χ1n) is 10.3. The number of hydrogen-bond acceptors (Lipinski definition) is 6. The number of carbonyl (C=O) groups is 2. The number of hydrogen-bond donors (Lipinski definition) is 0. The van der Waals surface area contributed by atoms with Crippen LogP contribution in [0.15, 0.2) is 42.5 Å². The number of carbonyl (C=O) groups excluding carboxylic acids is 2. The number of ether oxygens (including phenoxy) is 3. The van der Waals surface area contributed by atoms with Gasteiger partial charge in [0.25, 0.3) is 0 Å². The Labute approximate surface area is 181 Å². The minimum Gasteiger partial charge on any atom is -0.497 e. The molecule has 0 fully saturated rings. The van der Waals surface area contributed by atoms with Gasteiger partial charge < -0.3 is 14.2 Å². The van der Waals surface area contributed by atoms with Gasteiger partial charge in [-0.25, -0.2) is 4.79 Å². The molecule has 0 bridgehead atoms. The average Bonchev–Trinajstić information content (AvgIpc) is 2.80. The molecular weight excluding hydrogens is 394 g/mol. The number of rotatable bonds is 6. The van der Waals surface area contributed by atoms with Gasteiger partial charge in [-0.2, -0.15) is 0 Å². The molecule has 4 rings (SSSR count). The SMILES string of the molecule is COc1ccc(OC)c(C(=O)COC(=O)c2c3c(nc4ccccc24)CCC(C)C3)c1. The van der Waals surface area contributed by atoms with E-state index in [0.29, 0.717) is 28.5 Å². The summed E-state index contributed by atoms with van der Waals surface area (Å²) in [6, 6.07) is 12.5. The van der Waals surface area contributed by atoms with Crippen LogP contribution in [0.5, 0.6) is 11.5 Å². The van der Waals surface area contributed by atoms with Crippen LogP contribution in [-0.2, 0) is 17.6 Å². The van der Waals surface area contributed by atoms with E-state index in [2.05, 4.69) is 6.92 Å². The van der Waals surface area contributed by atoms with Gasteiger partial charge in [0.15, 0.2) is 6.61 Å². The highest BCUT2D eigenvalue weighted by atomic mass is 16.5. The predicted molar refractivity (Wildman–Crippen MR) is 117 cm³/mol. The summed E-state index contributed by atoms with van der Waals surface area (Å²) >= 11 is 0. The van der Waals surface area contributed by atoms with Crippen molar-refractivity contribution in [1.82, 2.24) is 4.98 Å². The minimum absolute atomic E-state index is 0.310. The number of aromatic nitrogens is 1. The first kappa shape index (κ1) is 20.8. The number of esters is 1. The molecule has 6 heteroatoms. The van der Waals surface area contributed by atoms with Crippen molar-refractivity contribution in [2.75, 3.05) is 20.8 Å². The zero-order valence-corrected chi connectivity index (χ0v) is 17.9. The largest absolute Gasteiger partial charge is 0.497 e. The number of para-hydroxylation sites is 1. The van der Waals surface area contributed by atoms with Crippen LogP contribution in [0.25, 0.3) is 10.9 Å². The Balaban J connectivity index is 1.64. The van der Waals surface area contributed by atoms with Crippen molar-refractivity contribution >= 4 is 22.7 Å². The molecule has 0 saturated heterocycles. The molecule has 1 aliphatic rings. The van der Waals surface area contributed by atoms with Crippen LogP contribution in [0.4, 0.5) is 0 Å². The van der Waals surface area contributed by atoms with Gasteiger partial charge in [-0.3, -0.25) is 9.78 Å². The van der Waals surface area contributed by atoms with E-state index in [-0.39, 0.29) is 12.4 Å². The van der Waals surface area contributed by atoms with Gasteiger partial charge in [0.2, 0.25) is 5.78 Å². The monoisotopic (exact) mass is 419 g/mol. The second-order valence-corrected chi connectivity index (χ2v) is 7.84. The summed E-state index contributed by atoms with van der Waals surface area (Å²) in [5.74, 6) is 0.537. The molecule has 3 aromatic rings. The molecule has 0 amide bonds. The van der Waals surface area contributed by atoms with E-state index in [1.54, 1.807) is 18.2 Å². The maximum Gasteiger partial charge on any atom is 0.339 e. The van der Waals surface area contributed by atoms with Crippen molar-refractivity contribution in [1.29, 1.82) is 0 Å². The summed E-state index contributed by atoms with van der Waals surface area (Å²) in [7, 11) is 3.01. The van der Waals surface area contributed by atoms with Crippen LogP contribution in [0.2, 0.25) is 0 Å². The third-order valence-electron chi connectivity index (χ3n) is 5.75. The lowest BCUT2D eigenvalue weighted by atomic mass is 9.84. The highest BCUT2D eigenvalue weighted by Crippen LogP contribution is 2.32. The number of pyridine rings is 1. The molecule has 160 valence electrons. The highest BCUT2D eigenvalue weighted by Gasteiger charge is 2.27. The number of benzene rings is 2. The fourth-order valence-corrected chi connectivity index (χ4v) is 4.11. The molecule has 1 heterocycles. The molecule has 1 atom stereocenters. The summed E-state index contributed by atoms with van der Waals surface area (Å²) in [6.45, 7) is 1.79. The van der Waals surface area contributed by atoms with Crippen LogP contribution in [0, 0.1) is 5.92 Å². The molecule has 0 radical (unpaired) electrons. The van der Waals surface area contributed by atoms with Gasteiger partial charge in [-0.1, -0.05) is 25.1 Å². The van der Waals surface area contributed by atoms with E-state index in [0.717, 1.165) is 41.4 Å². The summed E-state index contributed by atoms with van der Waals surface area (Å²) in [5, 5.41) is 0.756. The van der Waals surface area contributed by atoms with Crippen LogP contribution in [0.1, 0.15) is 45.3 Å². The van der Waals surface area contributed by atoms with Gasteiger partial charge in [0.1, 0.15) is 11.5 Å². The van der Waals surface area contributed by atoms with Gasteiger partial charge >= 0.3 is 5.97 Å². The standard InChI is InChI=1S/C25H25NO5/c1-15-8-10-21-18(12-15)24(17-6-4-5-7-20(17)26-21)25(28)31-14-22(27)19-13-16(29-2)9-11-23(19)30-3/h4-7,9,11,13,15H,8,10,12,14H2,1-3H3. The van der Waals surface area contributed by atoms with E-state index in [1.807, 2.05) is 24.3 Å². The summed E-state index contributed by atoms with van der Waals surface area (Å²) in [6.07, 6.45) is 2.65. The van der Waals surface area contributed by atoms with Crippen molar-refractivity contribution in [3.63, 3.8) is 0 Å². The van der Waals surface area contributed by atoms with E-state index in [4.69, 9.17) is 19.2 Å². The van der Waals surface area contributed by atoms with Crippen LogP contribution < -0.4 is 9.47 Å². The third-order valence-corrected chi connectivity index (χ3v) is 5.75. The first-order chi connectivity index (χ1) is 15.0. The Hall–Kier alpha value is -3.41. The molecule has 0 N–H and O–H groups in total. The van der Waals surface area contributed by atoms with Crippen LogP contribution >= 0.6 is 0 Å². The van der Waals surface area contributed by atoms with Crippen molar-refractivity contribution in [3.8, 4) is 11.5 Å². The normalized spacial score (nSPS) is 15.3. The van der Waals surface area contributed by atoms with Crippen LogP contribution in [-0.4, -0.2) is 37.6 Å². The predicted octanol–water partition coefficient (Wildman–Crippen LogP) is 4.42. The average molecular weight is 419 g/mol. The number of nitrogens with zero attached hydrogens (tertiary/aromatic N) is 1. The molecule has 6 nitrogen and oxygen atoms in total. The van der Waals surface area contributed by atoms with E-state index in [9.17, 15) is 9.59 Å². The topological polar surface area (TPSA) is 74.7 Å². The van der Waals surface area contributed by atoms with E-state index >= 15 is 0 Å². The van der Waals surface area contributed by atoms with Gasteiger partial charge in [-0.05, 0) is 55.0 Å². The van der Waals surface area contributed by atoms with Gasteiger partial charge in [0, 0.05) is 11.1 Å². The number of ketones is 1. The summed E-state index contributed by atoms with van der Waals surface area (Å²) in [5.41, 5.74) is 3.49. The fraction of sp³-hybridized carbons (Fsp3) is 0.320. The molecule has 0 spiro atoms. The number of fused-ring (bicyclic) bond motifs is 2. The lowest BCUT2D eigenvalue weighted by molar-refractivity contribution is 0.0474. The molecule has 0 saturated carbocycles. The minimum atomic E-state index is -0.501. The number of methoxy groups -OCH3 is 2. The number of aryl methyl sites for hydroxylation is 1. The molecule has 1 unspecified atom stereocenters. The molecule has 2 aromatic carbocycles. The van der Waals surface area contributed by atoms with Crippen molar-refractivity contribution in [2.24, 2.45) is 5.92 Å². The quantitative estimate of drug-likeness (QED) is 0.435.